The van der Waals surface area contributed by atoms with Crippen molar-refractivity contribution in [3.8, 4) is 11.5 Å². The molecule has 26 heavy (non-hydrogen) atoms. The highest BCUT2D eigenvalue weighted by molar-refractivity contribution is 6.14. The van der Waals surface area contributed by atoms with Crippen LogP contribution in [0.3, 0.4) is 0 Å². The molecule has 0 aliphatic carbocycles. The highest BCUT2D eigenvalue weighted by Gasteiger charge is 2.28. The Labute approximate surface area is 147 Å². The van der Waals surface area contributed by atoms with Gasteiger partial charge in [0.1, 0.15) is 18.1 Å². The molecule has 0 fully saturated rings. The fraction of sp³-hybridized carbons (Fsp3) is 0.111. The highest BCUT2D eigenvalue weighted by Crippen LogP contribution is 2.35. The third-order valence-corrected chi connectivity index (χ3v) is 3.51. The molecule has 0 N–H and O–H groups in total. The summed E-state index contributed by atoms with van der Waals surface area (Å²) >= 11 is 0. The maximum atomic E-state index is 12.4. The van der Waals surface area contributed by atoms with Crippen molar-refractivity contribution in [2.24, 2.45) is 0 Å². The van der Waals surface area contributed by atoms with Crippen LogP contribution in [-0.2, 0) is 9.53 Å². The highest BCUT2D eigenvalue weighted by atomic mass is 16.6. The number of nitro benzene ring substituents is 1. The van der Waals surface area contributed by atoms with Crippen LogP contribution in [0.15, 0.2) is 48.2 Å². The van der Waals surface area contributed by atoms with Gasteiger partial charge in [-0.25, -0.2) is 4.79 Å². The zero-order valence-corrected chi connectivity index (χ0v) is 13.6. The fourth-order valence-electron chi connectivity index (χ4n) is 2.39. The topological polar surface area (TPSA) is 105 Å². The SMILES string of the molecule is COCC(=O)Oc1ccc2c(c1)O/C(=C\c1cccc([N+](=O)[O-])c1)C2=O. The van der Waals surface area contributed by atoms with Crippen LogP contribution in [-0.4, -0.2) is 30.4 Å². The molecular weight excluding hydrogens is 342 g/mol. The Kier molecular flexibility index (Phi) is 4.76. The summed E-state index contributed by atoms with van der Waals surface area (Å²) in [7, 11) is 1.37. The maximum Gasteiger partial charge on any atom is 0.337 e. The largest absolute Gasteiger partial charge is 0.452 e. The van der Waals surface area contributed by atoms with Gasteiger partial charge < -0.3 is 14.2 Å². The zero-order chi connectivity index (χ0) is 18.7. The van der Waals surface area contributed by atoms with E-state index in [1.54, 1.807) is 6.07 Å². The molecule has 8 nitrogen and oxygen atoms in total. The minimum Gasteiger partial charge on any atom is -0.452 e. The molecule has 0 bridgehead atoms. The molecule has 0 aromatic heterocycles. The number of ether oxygens (including phenoxy) is 3. The predicted octanol–water partition coefficient (Wildman–Crippen LogP) is 2.76. The first kappa shape index (κ1) is 17.3. The van der Waals surface area contributed by atoms with Crippen LogP contribution in [0, 0.1) is 10.1 Å². The smallest absolute Gasteiger partial charge is 0.337 e. The van der Waals surface area contributed by atoms with Crippen LogP contribution in [0.4, 0.5) is 5.69 Å². The number of esters is 1. The third kappa shape index (κ3) is 3.60. The molecule has 3 rings (SSSR count). The number of non-ortho nitro benzene ring substituents is 1. The van der Waals surface area contributed by atoms with Crippen molar-refractivity contribution in [3.05, 3.63) is 69.5 Å². The van der Waals surface area contributed by atoms with Crippen LogP contribution in [0.25, 0.3) is 6.08 Å². The summed E-state index contributed by atoms with van der Waals surface area (Å²) in [5.74, 6) is -0.448. The van der Waals surface area contributed by atoms with E-state index in [-0.39, 0.29) is 35.3 Å². The number of nitro groups is 1. The number of hydrogen-bond donors (Lipinski definition) is 0. The number of allylic oxidation sites excluding steroid dienone is 1. The number of carbonyl (C=O) groups is 2. The Balaban J connectivity index is 1.84. The van der Waals surface area contributed by atoms with E-state index in [2.05, 4.69) is 4.74 Å². The summed E-state index contributed by atoms with van der Waals surface area (Å²) in [5, 5.41) is 10.8. The fourth-order valence-corrected chi connectivity index (χ4v) is 2.39. The van der Waals surface area contributed by atoms with Crippen molar-refractivity contribution in [3.63, 3.8) is 0 Å². The molecule has 0 spiro atoms. The second-order valence-corrected chi connectivity index (χ2v) is 5.36. The second-order valence-electron chi connectivity index (χ2n) is 5.36. The van der Waals surface area contributed by atoms with E-state index in [9.17, 15) is 19.7 Å². The number of carbonyl (C=O) groups excluding carboxylic acids is 2. The van der Waals surface area contributed by atoms with Crippen molar-refractivity contribution in [1.29, 1.82) is 0 Å². The first-order chi connectivity index (χ1) is 12.5. The molecule has 2 aromatic rings. The first-order valence-electron chi connectivity index (χ1n) is 7.50. The Hall–Kier alpha value is -3.52. The number of ketones is 1. The Bertz CT molecular complexity index is 933. The van der Waals surface area contributed by atoms with Gasteiger partial charge in [-0.3, -0.25) is 14.9 Å². The molecule has 8 heteroatoms. The predicted molar refractivity (Wildman–Crippen MR) is 90.0 cm³/mol. The zero-order valence-electron chi connectivity index (χ0n) is 13.6. The van der Waals surface area contributed by atoms with Crippen molar-refractivity contribution in [2.45, 2.75) is 0 Å². The summed E-state index contributed by atoms with van der Waals surface area (Å²) < 4.78 is 15.3. The summed E-state index contributed by atoms with van der Waals surface area (Å²) in [5.41, 5.74) is 0.685. The Morgan fingerprint density at radius 1 is 1.27 bits per heavy atom. The maximum absolute atomic E-state index is 12.4. The summed E-state index contributed by atoms with van der Waals surface area (Å²) in [6, 6.07) is 10.2. The van der Waals surface area contributed by atoms with Gasteiger partial charge in [0.25, 0.3) is 5.69 Å². The normalized spacial score (nSPS) is 14.0. The van der Waals surface area contributed by atoms with Gasteiger partial charge in [-0.1, -0.05) is 12.1 Å². The average Bonchev–Trinajstić information content (AvgIpc) is 2.90. The van der Waals surface area contributed by atoms with E-state index in [1.165, 1.54) is 49.6 Å². The molecule has 0 amide bonds. The molecule has 132 valence electrons. The van der Waals surface area contributed by atoms with Crippen molar-refractivity contribution >= 4 is 23.5 Å². The van der Waals surface area contributed by atoms with Crippen LogP contribution in [0.2, 0.25) is 0 Å². The number of nitrogens with zero attached hydrogens (tertiary/aromatic N) is 1. The Morgan fingerprint density at radius 2 is 2.08 bits per heavy atom. The summed E-state index contributed by atoms with van der Waals surface area (Å²) in [4.78, 5) is 34.2. The lowest BCUT2D eigenvalue weighted by Crippen LogP contribution is -2.14. The van der Waals surface area contributed by atoms with Crippen molar-refractivity contribution < 1.29 is 28.7 Å². The van der Waals surface area contributed by atoms with Crippen LogP contribution in [0.5, 0.6) is 11.5 Å². The number of methoxy groups -OCH3 is 1. The minimum absolute atomic E-state index is 0.0286. The van der Waals surface area contributed by atoms with Crippen molar-refractivity contribution in [1.82, 2.24) is 0 Å². The number of fused-ring (bicyclic) bond motifs is 1. The van der Waals surface area contributed by atoms with Gasteiger partial charge in [0, 0.05) is 25.3 Å². The van der Waals surface area contributed by atoms with E-state index in [4.69, 9.17) is 9.47 Å². The number of rotatable bonds is 5. The quantitative estimate of drug-likeness (QED) is 0.267. The average molecular weight is 355 g/mol. The minimum atomic E-state index is -0.580. The lowest BCUT2D eigenvalue weighted by molar-refractivity contribution is -0.384. The van der Waals surface area contributed by atoms with Crippen molar-refractivity contribution in [2.75, 3.05) is 13.7 Å². The number of hydrogen-bond acceptors (Lipinski definition) is 7. The Morgan fingerprint density at radius 3 is 2.81 bits per heavy atom. The number of Topliss-reactive ketones (excluding diaryl/α,β-unsaturated/α-hetero) is 1. The van der Waals surface area contributed by atoms with Gasteiger partial charge in [-0.2, -0.15) is 0 Å². The molecule has 0 radical (unpaired) electrons. The van der Waals surface area contributed by atoms with Crippen LogP contribution in [0.1, 0.15) is 15.9 Å². The monoisotopic (exact) mass is 355 g/mol. The number of benzene rings is 2. The summed E-state index contributed by atoms with van der Waals surface area (Å²) in [6.45, 7) is -0.200. The lowest BCUT2D eigenvalue weighted by Gasteiger charge is -2.04. The van der Waals surface area contributed by atoms with Gasteiger partial charge in [-0.15, -0.1) is 0 Å². The molecular formula is C18H13NO7. The molecule has 1 heterocycles. The van der Waals surface area contributed by atoms with Gasteiger partial charge in [0.15, 0.2) is 5.76 Å². The molecule has 0 saturated carbocycles. The summed E-state index contributed by atoms with van der Waals surface area (Å²) in [6.07, 6.45) is 1.42. The van der Waals surface area contributed by atoms with Crippen LogP contribution < -0.4 is 9.47 Å². The third-order valence-electron chi connectivity index (χ3n) is 3.51. The first-order valence-corrected chi connectivity index (χ1v) is 7.50. The van der Waals surface area contributed by atoms with E-state index in [0.29, 0.717) is 11.1 Å². The molecule has 0 atom stereocenters. The van der Waals surface area contributed by atoms with Crippen LogP contribution >= 0.6 is 0 Å². The van der Waals surface area contributed by atoms with Gasteiger partial charge in [-0.05, 0) is 23.8 Å². The lowest BCUT2D eigenvalue weighted by atomic mass is 10.1. The standard InChI is InChI=1S/C18H13NO7/c1-24-10-17(20)25-13-5-6-14-15(9-13)26-16(18(14)21)8-11-3-2-4-12(7-11)19(22)23/h2-9H,10H2,1H3/b16-8-. The van der Waals surface area contributed by atoms with E-state index < -0.39 is 10.9 Å². The molecule has 0 unspecified atom stereocenters. The molecule has 1 aliphatic rings. The van der Waals surface area contributed by atoms with E-state index in [0.717, 1.165) is 0 Å². The molecule has 2 aromatic carbocycles. The molecule has 1 aliphatic heterocycles. The van der Waals surface area contributed by atoms with E-state index in [1.807, 2.05) is 0 Å². The van der Waals surface area contributed by atoms with Gasteiger partial charge >= 0.3 is 5.97 Å². The van der Waals surface area contributed by atoms with Gasteiger partial charge in [0.2, 0.25) is 5.78 Å². The van der Waals surface area contributed by atoms with Gasteiger partial charge in [0.05, 0.1) is 10.5 Å². The second kappa shape index (κ2) is 7.16. The molecule has 0 saturated heterocycles. The van der Waals surface area contributed by atoms with E-state index >= 15 is 0 Å².